The first-order valence-corrected chi connectivity index (χ1v) is 41.9. The third kappa shape index (κ3) is 50.4. The molecule has 98 heavy (non-hydrogen) atoms. The third-order valence-electron chi connectivity index (χ3n) is 20.5. The Morgan fingerprint density at radius 3 is 1.00 bits per heavy atom. The molecule has 0 radical (unpaired) electrons. The van der Waals surface area contributed by atoms with E-state index in [1.165, 1.54) is 308 Å². The Morgan fingerprint density at radius 1 is 0.357 bits per heavy atom. The van der Waals surface area contributed by atoms with Crippen LogP contribution in [-0.4, -0.2) is 140 Å². The Balaban J connectivity index is 1.61. The van der Waals surface area contributed by atoms with E-state index in [2.05, 4.69) is 55.6 Å². The summed E-state index contributed by atoms with van der Waals surface area (Å²) in [6.07, 6.45) is 75.0. The number of carbonyl (C=O) groups excluding carboxylic acids is 1. The fourth-order valence-electron chi connectivity index (χ4n) is 13.9. The number of unbranched alkanes of at least 4 members (excludes halogenated alkanes) is 52. The molecule has 2 rings (SSSR count). The van der Waals surface area contributed by atoms with Gasteiger partial charge in [-0.2, -0.15) is 0 Å². The number of carbonyl (C=O) groups is 1. The lowest BCUT2D eigenvalue weighted by Crippen LogP contribution is -2.65. The third-order valence-corrected chi connectivity index (χ3v) is 20.5. The molecule has 14 heteroatoms. The largest absolute Gasteiger partial charge is 0.394 e. The van der Waals surface area contributed by atoms with Crippen LogP contribution in [0.2, 0.25) is 0 Å². The molecule has 12 unspecified atom stereocenters. The molecule has 0 aromatic rings. The smallest absolute Gasteiger partial charge is 0.220 e. The first-order valence-electron chi connectivity index (χ1n) is 41.9. The van der Waals surface area contributed by atoms with Gasteiger partial charge >= 0.3 is 0 Å². The fraction of sp³-hybridized carbons (Fsp3) is 0.893. The van der Waals surface area contributed by atoms with Gasteiger partial charge < -0.3 is 65.1 Å². The predicted molar refractivity (Wildman–Crippen MR) is 406 cm³/mol. The van der Waals surface area contributed by atoms with Gasteiger partial charge in [-0.25, -0.2) is 0 Å². The van der Waals surface area contributed by atoms with Gasteiger partial charge in [-0.15, -0.1) is 0 Å². The van der Waals surface area contributed by atoms with Gasteiger partial charge in [-0.3, -0.25) is 4.79 Å². The number of aliphatic hydroxyl groups is 8. The van der Waals surface area contributed by atoms with E-state index in [-0.39, 0.29) is 18.9 Å². The molecule has 2 aliphatic rings. The summed E-state index contributed by atoms with van der Waals surface area (Å²) in [5.74, 6) is -0.246. The van der Waals surface area contributed by atoms with Crippen LogP contribution < -0.4 is 5.32 Å². The first kappa shape index (κ1) is 92.0. The van der Waals surface area contributed by atoms with Crippen molar-refractivity contribution in [2.24, 2.45) is 0 Å². The van der Waals surface area contributed by atoms with Gasteiger partial charge in [0.2, 0.25) is 5.91 Å². The molecule has 0 saturated carbocycles. The number of allylic oxidation sites excluding steroid dienone is 7. The van der Waals surface area contributed by atoms with Crippen molar-refractivity contribution >= 4 is 5.91 Å². The maximum atomic E-state index is 13.4. The summed E-state index contributed by atoms with van der Waals surface area (Å²) in [6.45, 7) is 2.84. The Labute approximate surface area is 601 Å². The van der Waals surface area contributed by atoms with Crippen molar-refractivity contribution < 1.29 is 64.6 Å². The number of amides is 1. The molecule has 576 valence electrons. The number of hydrogen-bond donors (Lipinski definition) is 9. The number of hydrogen-bond acceptors (Lipinski definition) is 13. The average molecular weight is 1390 g/mol. The summed E-state index contributed by atoms with van der Waals surface area (Å²) in [5.41, 5.74) is 0. The summed E-state index contributed by atoms with van der Waals surface area (Å²) in [4.78, 5) is 13.4. The summed E-state index contributed by atoms with van der Waals surface area (Å²) >= 11 is 0. The minimum Gasteiger partial charge on any atom is -0.394 e. The quantitative estimate of drug-likeness (QED) is 0.0204. The zero-order chi connectivity index (χ0) is 70.8. The van der Waals surface area contributed by atoms with E-state index in [1.54, 1.807) is 6.08 Å². The maximum Gasteiger partial charge on any atom is 0.220 e. The molecule has 1 amide bonds. The van der Waals surface area contributed by atoms with Gasteiger partial charge in [0.1, 0.15) is 48.8 Å². The van der Waals surface area contributed by atoms with E-state index in [0.717, 1.165) is 44.9 Å². The summed E-state index contributed by atoms with van der Waals surface area (Å²) in [6, 6.07) is -0.940. The number of rotatable bonds is 71. The Bertz CT molecular complexity index is 1830. The second kappa shape index (κ2) is 68.1. The molecule has 0 spiro atoms. The Hall–Kier alpha value is -2.05. The number of nitrogens with one attached hydrogen (secondary N) is 1. The molecule has 12 atom stereocenters. The Kier molecular flexibility index (Phi) is 63.9. The highest BCUT2D eigenvalue weighted by Gasteiger charge is 2.51. The van der Waals surface area contributed by atoms with E-state index >= 15 is 0 Å². The molecule has 2 heterocycles. The lowest BCUT2D eigenvalue weighted by Gasteiger charge is -2.46. The van der Waals surface area contributed by atoms with Crippen LogP contribution in [0.3, 0.4) is 0 Å². The molecule has 2 saturated heterocycles. The van der Waals surface area contributed by atoms with Crippen molar-refractivity contribution in [3.8, 4) is 0 Å². The lowest BCUT2D eigenvalue weighted by atomic mass is 9.97. The van der Waals surface area contributed by atoms with Crippen LogP contribution in [0.25, 0.3) is 0 Å². The molecular formula is C84H157NO13. The van der Waals surface area contributed by atoms with Gasteiger partial charge in [-0.1, -0.05) is 358 Å². The van der Waals surface area contributed by atoms with Crippen molar-refractivity contribution in [3.05, 3.63) is 48.6 Å². The van der Waals surface area contributed by atoms with Crippen LogP contribution in [0.5, 0.6) is 0 Å². The minimum absolute atomic E-state index is 0.246. The Morgan fingerprint density at radius 2 is 0.653 bits per heavy atom. The standard InChI is InChI=1S/C84H157NO13/c1-3-5-7-9-11-13-15-17-19-21-23-25-27-29-31-33-34-35-36-37-38-40-42-44-46-48-50-52-54-56-58-60-62-64-66-68-76(89)85-72(71-95-83-81(94)79(92)82(75(70-87)97-83)98-84-80(93)78(91)77(90)74(69-86)96-84)73(88)67-65-63-61-59-57-55-53-51-49-47-45-43-41-39-32-30-28-26-24-22-20-18-16-14-12-10-8-6-4-2/h21,23,49,51,57,59,65,67,72-75,77-84,86-88,90-94H,3-20,22,24-48,50,52-56,58,60-64,66,68-71H2,1-2H3,(H,85,89)/b23-21-,51-49+,59-57+,67-65+. The monoisotopic (exact) mass is 1390 g/mol. The van der Waals surface area contributed by atoms with Gasteiger partial charge in [0.15, 0.2) is 12.6 Å². The van der Waals surface area contributed by atoms with Crippen molar-refractivity contribution in [1.29, 1.82) is 0 Å². The van der Waals surface area contributed by atoms with Gasteiger partial charge in [0.25, 0.3) is 0 Å². The zero-order valence-corrected chi connectivity index (χ0v) is 63.3. The van der Waals surface area contributed by atoms with Crippen molar-refractivity contribution in [2.75, 3.05) is 19.8 Å². The molecule has 14 nitrogen and oxygen atoms in total. The number of ether oxygens (including phenoxy) is 4. The lowest BCUT2D eigenvalue weighted by molar-refractivity contribution is -0.359. The van der Waals surface area contributed by atoms with E-state index in [4.69, 9.17) is 18.9 Å². The summed E-state index contributed by atoms with van der Waals surface area (Å²) < 4.78 is 22.9. The van der Waals surface area contributed by atoms with E-state index < -0.39 is 86.8 Å². The van der Waals surface area contributed by atoms with Crippen LogP contribution in [-0.2, 0) is 23.7 Å². The van der Waals surface area contributed by atoms with Crippen molar-refractivity contribution in [1.82, 2.24) is 5.32 Å². The average Bonchev–Trinajstić information content (AvgIpc) is 0.797. The van der Waals surface area contributed by atoms with Gasteiger partial charge in [0, 0.05) is 6.42 Å². The molecule has 9 N–H and O–H groups in total. The normalized spacial score (nSPS) is 22.2. The van der Waals surface area contributed by atoms with Crippen LogP contribution in [0.4, 0.5) is 0 Å². The van der Waals surface area contributed by atoms with E-state index in [0.29, 0.717) is 12.8 Å². The first-order chi connectivity index (χ1) is 48.1. The molecular weight excluding hydrogens is 1230 g/mol. The molecule has 0 aliphatic carbocycles. The highest BCUT2D eigenvalue weighted by atomic mass is 16.7. The molecule has 0 bridgehead atoms. The molecule has 0 aromatic heterocycles. The summed E-state index contributed by atoms with van der Waals surface area (Å²) in [5, 5.41) is 87.7. The molecule has 2 aliphatic heterocycles. The predicted octanol–water partition coefficient (Wildman–Crippen LogP) is 19.4. The summed E-state index contributed by atoms with van der Waals surface area (Å²) in [7, 11) is 0. The highest BCUT2D eigenvalue weighted by molar-refractivity contribution is 5.76. The number of aliphatic hydroxyl groups excluding tert-OH is 8. The SMILES string of the molecule is CCCCCCCCCC/C=C\CCCCCCCCCCCCCCCCCCCCCCCCCC(=O)NC(COC1OC(CO)C(OC2OC(CO)C(O)C(O)C2O)C(O)C1O)C(O)/C=C/CC/C=C/CC/C=C/CCCCCCCCCCCCCCCCCCCCC. The highest BCUT2D eigenvalue weighted by Crippen LogP contribution is 2.30. The van der Waals surface area contributed by atoms with Crippen LogP contribution in [0.15, 0.2) is 48.6 Å². The van der Waals surface area contributed by atoms with Gasteiger partial charge in [-0.05, 0) is 70.6 Å². The van der Waals surface area contributed by atoms with Crippen molar-refractivity contribution in [2.45, 2.75) is 460 Å². The van der Waals surface area contributed by atoms with E-state index in [1.807, 2.05) is 6.08 Å². The molecule has 0 aromatic carbocycles. The van der Waals surface area contributed by atoms with Crippen LogP contribution in [0, 0.1) is 0 Å². The van der Waals surface area contributed by atoms with Crippen LogP contribution >= 0.6 is 0 Å². The maximum absolute atomic E-state index is 13.4. The van der Waals surface area contributed by atoms with Crippen molar-refractivity contribution in [3.63, 3.8) is 0 Å². The molecule has 2 fully saturated rings. The fourth-order valence-corrected chi connectivity index (χ4v) is 13.9. The second-order valence-electron chi connectivity index (χ2n) is 29.6. The zero-order valence-electron chi connectivity index (χ0n) is 63.3. The van der Waals surface area contributed by atoms with E-state index in [9.17, 15) is 45.6 Å². The van der Waals surface area contributed by atoms with Crippen LogP contribution in [0.1, 0.15) is 386 Å². The minimum atomic E-state index is -1.79. The topological polar surface area (TPSA) is 228 Å². The van der Waals surface area contributed by atoms with Gasteiger partial charge in [0.05, 0.1) is 32.0 Å². The second-order valence-corrected chi connectivity index (χ2v) is 29.6.